The molecule has 1 fully saturated rings. The lowest BCUT2D eigenvalue weighted by atomic mass is 10.00. The Bertz CT molecular complexity index is 203. The monoisotopic (exact) mass is 230 g/mol. The summed E-state index contributed by atoms with van der Waals surface area (Å²) in [6.45, 7) is 4.98. The number of piperidine rings is 1. The number of hydrogen-bond acceptors (Lipinski definition) is 2. The third kappa shape index (κ3) is 3.93. The molecule has 0 aliphatic carbocycles. The molecule has 0 N–H and O–H groups in total. The molecule has 1 saturated heterocycles. The fourth-order valence-corrected chi connectivity index (χ4v) is 2.22. The minimum absolute atomic E-state index is 0.205. The Morgan fingerprint density at radius 2 is 2.07 bits per heavy atom. The van der Waals surface area contributed by atoms with Crippen LogP contribution in [-0.4, -0.2) is 54.5 Å². The van der Waals surface area contributed by atoms with Gasteiger partial charge in [-0.3, -0.25) is 0 Å². The number of likely N-dealkylation sites (tertiary alicyclic amines) is 1. The van der Waals surface area contributed by atoms with Gasteiger partial charge in [0.15, 0.2) is 0 Å². The van der Waals surface area contributed by atoms with Crippen LogP contribution >= 0.6 is 11.8 Å². The maximum atomic E-state index is 12.0. The van der Waals surface area contributed by atoms with Gasteiger partial charge in [-0.1, -0.05) is 6.92 Å². The highest BCUT2D eigenvalue weighted by Gasteiger charge is 2.22. The largest absolute Gasteiger partial charge is 0.327 e. The van der Waals surface area contributed by atoms with Crippen molar-refractivity contribution in [3.63, 3.8) is 0 Å². The zero-order valence-corrected chi connectivity index (χ0v) is 10.8. The smallest absolute Gasteiger partial charge is 0.319 e. The average molecular weight is 230 g/mol. The number of rotatable bonds is 3. The highest BCUT2D eigenvalue weighted by Crippen LogP contribution is 2.16. The molecule has 1 aliphatic rings. The molecule has 88 valence electrons. The maximum absolute atomic E-state index is 12.0. The summed E-state index contributed by atoms with van der Waals surface area (Å²) >= 11 is 1.78. The molecule has 0 bridgehead atoms. The Balaban J connectivity index is 2.32. The number of carbonyl (C=O) groups excluding carboxylic acids is 1. The van der Waals surface area contributed by atoms with Gasteiger partial charge in [0.2, 0.25) is 0 Å². The summed E-state index contributed by atoms with van der Waals surface area (Å²) in [5.41, 5.74) is 0. The van der Waals surface area contributed by atoms with E-state index in [-0.39, 0.29) is 6.03 Å². The quantitative estimate of drug-likeness (QED) is 0.741. The van der Waals surface area contributed by atoms with Crippen molar-refractivity contribution in [2.45, 2.75) is 19.8 Å². The maximum Gasteiger partial charge on any atom is 0.319 e. The first-order valence-corrected chi connectivity index (χ1v) is 7.03. The first-order valence-electron chi connectivity index (χ1n) is 5.64. The van der Waals surface area contributed by atoms with Gasteiger partial charge in [0, 0.05) is 32.4 Å². The topological polar surface area (TPSA) is 23.6 Å². The standard InChI is InChI=1S/C11H22N2OS/c1-10-4-6-13(7-5-10)11(14)12(2)8-9-15-3/h10H,4-9H2,1-3H3. The van der Waals surface area contributed by atoms with Crippen LogP contribution in [0.15, 0.2) is 0 Å². The normalized spacial score (nSPS) is 17.9. The summed E-state index contributed by atoms with van der Waals surface area (Å²) < 4.78 is 0. The number of carbonyl (C=O) groups is 1. The minimum Gasteiger partial charge on any atom is -0.327 e. The van der Waals surface area contributed by atoms with Crippen LogP contribution in [-0.2, 0) is 0 Å². The molecule has 1 heterocycles. The Hall–Kier alpha value is -0.380. The van der Waals surface area contributed by atoms with Crippen molar-refractivity contribution in [3.05, 3.63) is 0 Å². The number of urea groups is 1. The molecule has 0 radical (unpaired) electrons. The molecule has 0 saturated carbocycles. The van der Waals surface area contributed by atoms with E-state index in [1.165, 1.54) is 0 Å². The van der Waals surface area contributed by atoms with Crippen LogP contribution in [0.4, 0.5) is 4.79 Å². The molecule has 0 aromatic rings. The molecule has 0 atom stereocenters. The predicted molar refractivity (Wildman–Crippen MR) is 66.4 cm³/mol. The van der Waals surface area contributed by atoms with Gasteiger partial charge in [-0.2, -0.15) is 11.8 Å². The van der Waals surface area contributed by atoms with Gasteiger partial charge in [-0.15, -0.1) is 0 Å². The minimum atomic E-state index is 0.205. The van der Waals surface area contributed by atoms with Gasteiger partial charge in [0.25, 0.3) is 0 Å². The molecular weight excluding hydrogens is 208 g/mol. The van der Waals surface area contributed by atoms with Crippen LogP contribution in [0.2, 0.25) is 0 Å². The molecule has 0 aromatic carbocycles. The third-order valence-corrected chi connectivity index (χ3v) is 3.60. The zero-order chi connectivity index (χ0) is 11.3. The van der Waals surface area contributed by atoms with E-state index in [1.807, 2.05) is 16.8 Å². The third-order valence-electron chi connectivity index (χ3n) is 3.01. The highest BCUT2D eigenvalue weighted by atomic mass is 32.2. The van der Waals surface area contributed by atoms with Crippen molar-refractivity contribution in [1.82, 2.24) is 9.80 Å². The second-order valence-electron chi connectivity index (χ2n) is 4.37. The molecular formula is C11H22N2OS. The lowest BCUT2D eigenvalue weighted by Crippen LogP contribution is -2.45. The van der Waals surface area contributed by atoms with E-state index in [0.717, 1.165) is 44.1 Å². The Kier molecular flexibility index (Phi) is 5.29. The van der Waals surface area contributed by atoms with E-state index in [9.17, 15) is 4.79 Å². The van der Waals surface area contributed by atoms with Crippen molar-refractivity contribution >= 4 is 17.8 Å². The summed E-state index contributed by atoms with van der Waals surface area (Å²) in [5, 5.41) is 0. The Labute approximate surface area is 97.2 Å². The van der Waals surface area contributed by atoms with Gasteiger partial charge in [0.1, 0.15) is 0 Å². The Morgan fingerprint density at radius 1 is 1.47 bits per heavy atom. The molecule has 4 heteroatoms. The number of thioether (sulfide) groups is 1. The average Bonchev–Trinajstić information content (AvgIpc) is 2.26. The fraction of sp³-hybridized carbons (Fsp3) is 0.909. The van der Waals surface area contributed by atoms with Crippen molar-refractivity contribution in [2.75, 3.05) is 38.7 Å². The first-order chi connectivity index (χ1) is 7.15. The molecule has 0 unspecified atom stereocenters. The lowest BCUT2D eigenvalue weighted by molar-refractivity contribution is 0.145. The molecule has 2 amide bonds. The molecule has 0 aromatic heterocycles. The van der Waals surface area contributed by atoms with E-state index in [4.69, 9.17) is 0 Å². The van der Waals surface area contributed by atoms with Crippen LogP contribution in [0.1, 0.15) is 19.8 Å². The van der Waals surface area contributed by atoms with Crippen LogP contribution in [0.3, 0.4) is 0 Å². The summed E-state index contributed by atoms with van der Waals surface area (Å²) in [4.78, 5) is 15.8. The van der Waals surface area contributed by atoms with E-state index in [2.05, 4.69) is 13.2 Å². The number of amides is 2. The van der Waals surface area contributed by atoms with E-state index < -0.39 is 0 Å². The van der Waals surface area contributed by atoms with Gasteiger partial charge < -0.3 is 9.80 Å². The van der Waals surface area contributed by atoms with E-state index in [0.29, 0.717) is 0 Å². The van der Waals surface area contributed by atoms with Gasteiger partial charge in [-0.05, 0) is 25.0 Å². The van der Waals surface area contributed by atoms with Crippen LogP contribution < -0.4 is 0 Å². The molecule has 0 spiro atoms. The van der Waals surface area contributed by atoms with Gasteiger partial charge in [0.05, 0.1) is 0 Å². The van der Waals surface area contributed by atoms with Crippen LogP contribution in [0, 0.1) is 5.92 Å². The summed E-state index contributed by atoms with van der Waals surface area (Å²) in [6.07, 6.45) is 4.38. The lowest BCUT2D eigenvalue weighted by Gasteiger charge is -2.33. The summed E-state index contributed by atoms with van der Waals surface area (Å²) in [5.74, 6) is 1.80. The number of hydrogen-bond donors (Lipinski definition) is 0. The Morgan fingerprint density at radius 3 is 2.60 bits per heavy atom. The molecule has 3 nitrogen and oxygen atoms in total. The summed E-state index contributed by atoms with van der Waals surface area (Å²) in [6, 6.07) is 0.205. The van der Waals surface area contributed by atoms with Crippen molar-refractivity contribution in [1.29, 1.82) is 0 Å². The van der Waals surface area contributed by atoms with Gasteiger partial charge >= 0.3 is 6.03 Å². The van der Waals surface area contributed by atoms with E-state index in [1.54, 1.807) is 11.8 Å². The van der Waals surface area contributed by atoms with Crippen molar-refractivity contribution < 1.29 is 4.79 Å². The van der Waals surface area contributed by atoms with Gasteiger partial charge in [-0.25, -0.2) is 4.79 Å². The zero-order valence-electron chi connectivity index (χ0n) is 10.0. The van der Waals surface area contributed by atoms with E-state index >= 15 is 0 Å². The van der Waals surface area contributed by atoms with Crippen LogP contribution in [0.25, 0.3) is 0 Å². The fourth-order valence-electron chi connectivity index (χ4n) is 1.77. The second kappa shape index (κ2) is 6.26. The molecule has 1 rings (SSSR count). The second-order valence-corrected chi connectivity index (χ2v) is 5.35. The predicted octanol–water partition coefficient (Wildman–Crippen LogP) is 2.13. The first kappa shape index (κ1) is 12.7. The summed E-state index contributed by atoms with van der Waals surface area (Å²) in [7, 11) is 1.90. The van der Waals surface area contributed by atoms with Crippen molar-refractivity contribution in [3.8, 4) is 0 Å². The molecule has 1 aliphatic heterocycles. The highest BCUT2D eigenvalue weighted by molar-refractivity contribution is 7.98. The molecule has 15 heavy (non-hydrogen) atoms. The number of nitrogens with zero attached hydrogens (tertiary/aromatic N) is 2. The van der Waals surface area contributed by atoms with Crippen LogP contribution in [0.5, 0.6) is 0 Å². The SMILES string of the molecule is CSCCN(C)C(=O)N1CCC(C)CC1. The van der Waals surface area contributed by atoms with Crippen molar-refractivity contribution in [2.24, 2.45) is 5.92 Å².